The summed E-state index contributed by atoms with van der Waals surface area (Å²) < 4.78 is 6.74. The molecule has 148 valence electrons. The summed E-state index contributed by atoms with van der Waals surface area (Å²) in [4.78, 5) is 0. The Kier molecular flexibility index (Phi) is 4.01. The maximum atomic E-state index is 10.8. The predicted molar refractivity (Wildman–Crippen MR) is 107 cm³/mol. The molecule has 3 N–H and O–H groups in total. The van der Waals surface area contributed by atoms with Crippen molar-refractivity contribution in [2.75, 3.05) is 0 Å². The molecule has 0 bridgehead atoms. The van der Waals surface area contributed by atoms with E-state index in [1.165, 1.54) is 37.3 Å². The van der Waals surface area contributed by atoms with Crippen LogP contribution in [0.4, 0.5) is 0 Å². The second-order valence-electron chi connectivity index (χ2n) is 8.89. The molecular weight excluding hydrogens is 352 g/mol. The molecule has 0 unspecified atom stereocenters. The average molecular weight is 380 g/mol. The number of aromatic hydroxyl groups is 3. The van der Waals surface area contributed by atoms with Crippen molar-refractivity contribution in [3.05, 3.63) is 47.5 Å². The number of hydrogen-bond donors (Lipinski definition) is 3. The monoisotopic (exact) mass is 380 g/mol. The van der Waals surface area contributed by atoms with E-state index in [-0.39, 0.29) is 28.6 Å². The molecule has 0 aromatic heterocycles. The van der Waals surface area contributed by atoms with Gasteiger partial charge in [0, 0.05) is 34.6 Å². The summed E-state index contributed by atoms with van der Waals surface area (Å²) in [6.45, 7) is 0. The van der Waals surface area contributed by atoms with Crippen LogP contribution in [0.1, 0.15) is 68.9 Å². The van der Waals surface area contributed by atoms with Crippen molar-refractivity contribution < 1.29 is 20.1 Å². The highest BCUT2D eigenvalue weighted by Gasteiger charge is 2.59. The summed E-state index contributed by atoms with van der Waals surface area (Å²) in [5, 5.41) is 30.8. The van der Waals surface area contributed by atoms with Crippen molar-refractivity contribution in [1.29, 1.82) is 0 Å². The SMILES string of the molecule is Oc1ccc([C@@]23CCCC[C@H]2C2(CCCCC2)c2ccc(O)cc2O3)c(O)c1. The Labute approximate surface area is 165 Å². The van der Waals surface area contributed by atoms with Crippen LogP contribution in [0.25, 0.3) is 0 Å². The van der Waals surface area contributed by atoms with Gasteiger partial charge in [0.1, 0.15) is 28.6 Å². The highest BCUT2D eigenvalue weighted by atomic mass is 16.5. The van der Waals surface area contributed by atoms with Gasteiger partial charge in [0.05, 0.1) is 0 Å². The third-order valence-corrected chi connectivity index (χ3v) is 7.50. The fourth-order valence-corrected chi connectivity index (χ4v) is 6.43. The van der Waals surface area contributed by atoms with E-state index in [0.29, 0.717) is 0 Å². The lowest BCUT2D eigenvalue weighted by atomic mass is 9.51. The van der Waals surface area contributed by atoms with E-state index < -0.39 is 5.60 Å². The third-order valence-electron chi connectivity index (χ3n) is 7.50. The van der Waals surface area contributed by atoms with Crippen LogP contribution < -0.4 is 4.74 Å². The zero-order chi connectivity index (χ0) is 19.4. The normalized spacial score (nSPS) is 28.2. The average Bonchev–Trinajstić information content (AvgIpc) is 2.68. The minimum absolute atomic E-state index is 0.0181. The lowest BCUT2D eigenvalue weighted by Crippen LogP contribution is -2.57. The third kappa shape index (κ3) is 2.43. The van der Waals surface area contributed by atoms with E-state index >= 15 is 0 Å². The molecule has 3 aliphatic rings. The highest BCUT2D eigenvalue weighted by Crippen LogP contribution is 2.63. The van der Waals surface area contributed by atoms with E-state index in [4.69, 9.17) is 4.74 Å². The summed E-state index contributed by atoms with van der Waals surface area (Å²) in [5.41, 5.74) is 1.40. The number of benzene rings is 2. The minimum Gasteiger partial charge on any atom is -0.508 e. The predicted octanol–water partition coefficient (Wildman–Crippen LogP) is 5.48. The molecule has 2 aromatic rings. The first-order valence-corrected chi connectivity index (χ1v) is 10.6. The molecule has 2 saturated carbocycles. The Morgan fingerprint density at radius 2 is 1.43 bits per heavy atom. The molecule has 2 fully saturated rings. The molecule has 1 spiro atoms. The van der Waals surface area contributed by atoms with E-state index in [2.05, 4.69) is 6.07 Å². The Balaban J connectivity index is 1.76. The van der Waals surface area contributed by atoms with Crippen molar-refractivity contribution in [2.24, 2.45) is 5.92 Å². The number of ether oxygens (including phenoxy) is 1. The summed E-state index contributed by atoms with van der Waals surface area (Å²) in [6.07, 6.45) is 10.0. The topological polar surface area (TPSA) is 69.9 Å². The van der Waals surface area contributed by atoms with E-state index in [1.54, 1.807) is 18.2 Å². The molecule has 0 saturated heterocycles. The van der Waals surface area contributed by atoms with E-state index in [0.717, 1.165) is 43.4 Å². The zero-order valence-electron chi connectivity index (χ0n) is 16.2. The summed E-state index contributed by atoms with van der Waals surface area (Å²) in [7, 11) is 0. The van der Waals surface area contributed by atoms with Crippen molar-refractivity contribution in [3.8, 4) is 23.0 Å². The van der Waals surface area contributed by atoms with Crippen LogP contribution in [-0.4, -0.2) is 15.3 Å². The minimum atomic E-state index is -0.617. The fraction of sp³-hybridized carbons (Fsp3) is 0.500. The van der Waals surface area contributed by atoms with Gasteiger partial charge in [-0.15, -0.1) is 0 Å². The molecule has 2 atom stereocenters. The number of phenols is 3. The fourth-order valence-electron chi connectivity index (χ4n) is 6.43. The van der Waals surface area contributed by atoms with Crippen molar-refractivity contribution in [2.45, 2.75) is 68.8 Å². The van der Waals surface area contributed by atoms with Crippen LogP contribution in [0.3, 0.4) is 0 Å². The summed E-state index contributed by atoms with van der Waals surface area (Å²) in [6, 6.07) is 10.5. The molecular formula is C24H28O4. The number of rotatable bonds is 1. The van der Waals surface area contributed by atoms with Gasteiger partial charge in [-0.3, -0.25) is 0 Å². The Bertz CT molecular complexity index is 899. The Morgan fingerprint density at radius 3 is 2.18 bits per heavy atom. The molecule has 4 nitrogen and oxygen atoms in total. The van der Waals surface area contributed by atoms with Crippen molar-refractivity contribution in [1.82, 2.24) is 0 Å². The molecule has 28 heavy (non-hydrogen) atoms. The Morgan fingerprint density at radius 1 is 0.750 bits per heavy atom. The van der Waals surface area contributed by atoms with Gasteiger partial charge in [-0.2, -0.15) is 0 Å². The molecule has 2 aliphatic carbocycles. The summed E-state index contributed by atoms with van der Waals surface area (Å²) >= 11 is 0. The van der Waals surface area contributed by atoms with Gasteiger partial charge in [0.2, 0.25) is 0 Å². The maximum Gasteiger partial charge on any atom is 0.141 e. The lowest BCUT2D eigenvalue weighted by molar-refractivity contribution is -0.0960. The van der Waals surface area contributed by atoms with Gasteiger partial charge >= 0.3 is 0 Å². The highest BCUT2D eigenvalue weighted by molar-refractivity contribution is 5.52. The van der Waals surface area contributed by atoms with E-state index in [9.17, 15) is 15.3 Å². The van der Waals surface area contributed by atoms with E-state index in [1.807, 2.05) is 6.07 Å². The molecule has 2 aromatic carbocycles. The smallest absolute Gasteiger partial charge is 0.141 e. The first-order chi connectivity index (χ1) is 13.6. The molecule has 4 heteroatoms. The molecule has 1 aliphatic heterocycles. The lowest BCUT2D eigenvalue weighted by Gasteiger charge is -2.58. The second kappa shape index (κ2) is 6.33. The van der Waals surface area contributed by atoms with Crippen LogP contribution in [0, 0.1) is 5.92 Å². The van der Waals surface area contributed by atoms with Crippen LogP contribution in [-0.2, 0) is 11.0 Å². The van der Waals surface area contributed by atoms with Crippen LogP contribution >= 0.6 is 0 Å². The molecule has 0 amide bonds. The summed E-state index contributed by atoms with van der Waals surface area (Å²) in [5.74, 6) is 1.41. The Hall–Kier alpha value is -2.36. The maximum absolute atomic E-state index is 10.8. The number of phenolic OH excluding ortho intramolecular Hbond substituents is 3. The van der Waals surface area contributed by atoms with Crippen molar-refractivity contribution in [3.63, 3.8) is 0 Å². The van der Waals surface area contributed by atoms with Gasteiger partial charge in [-0.05, 0) is 50.3 Å². The van der Waals surface area contributed by atoms with Crippen LogP contribution in [0.2, 0.25) is 0 Å². The first-order valence-electron chi connectivity index (χ1n) is 10.6. The largest absolute Gasteiger partial charge is 0.508 e. The number of hydrogen-bond acceptors (Lipinski definition) is 4. The number of fused-ring (bicyclic) bond motifs is 4. The van der Waals surface area contributed by atoms with Gasteiger partial charge in [-0.25, -0.2) is 0 Å². The van der Waals surface area contributed by atoms with Gasteiger partial charge in [0.25, 0.3) is 0 Å². The zero-order valence-corrected chi connectivity index (χ0v) is 16.2. The molecule has 1 heterocycles. The standard InChI is InChI=1S/C24H28O4/c25-16-7-9-18(20(27)14-16)24-13-5-2-6-22(24)23(11-3-1-4-12-23)19-10-8-17(26)15-21(19)28-24/h7-10,14-15,22,25-27H,1-6,11-13H2/t22-,24-/m0/s1. The van der Waals surface area contributed by atoms with Crippen LogP contribution in [0.5, 0.6) is 23.0 Å². The van der Waals surface area contributed by atoms with Crippen LogP contribution in [0.15, 0.2) is 36.4 Å². The second-order valence-corrected chi connectivity index (χ2v) is 8.89. The first kappa shape index (κ1) is 17.7. The van der Waals surface area contributed by atoms with Gasteiger partial charge in [0.15, 0.2) is 0 Å². The van der Waals surface area contributed by atoms with Crippen molar-refractivity contribution >= 4 is 0 Å². The quantitative estimate of drug-likeness (QED) is 0.612. The van der Waals surface area contributed by atoms with Gasteiger partial charge in [-0.1, -0.05) is 31.7 Å². The molecule has 0 radical (unpaired) electrons. The van der Waals surface area contributed by atoms with Gasteiger partial charge < -0.3 is 20.1 Å². The molecule has 5 rings (SSSR count).